The van der Waals surface area contributed by atoms with E-state index in [2.05, 4.69) is 0 Å². The standard InChI is InChI=1S/C28H35N3O9/c1-6-40-17(32)8-7-12-11-16(30(2)3)14-9-13-10-15-21(31(4)5)24(35)20(27(29)38)26(37)28(15,39)25(36)18(13)23(34)19(14)22(12)33/h11,13,15,21,33-34,37,39H,6-10H2,1-5H3,(H2,29,38)/t13-,15-,21?,28-/m1/s1. The summed E-state index contributed by atoms with van der Waals surface area (Å²) in [5, 5.41) is 45.4. The fraction of sp³-hybridized carbons (Fsp3) is 0.500. The van der Waals surface area contributed by atoms with Gasteiger partial charge in [0.2, 0.25) is 5.78 Å². The Balaban J connectivity index is 1.92. The van der Waals surface area contributed by atoms with Crippen molar-refractivity contribution >= 4 is 34.9 Å². The first-order chi connectivity index (χ1) is 18.7. The van der Waals surface area contributed by atoms with E-state index in [-0.39, 0.29) is 49.2 Å². The number of nitrogens with two attached hydrogens (primary N) is 1. The van der Waals surface area contributed by atoms with E-state index in [1.807, 2.05) is 0 Å². The van der Waals surface area contributed by atoms with Crippen LogP contribution < -0.4 is 10.6 Å². The first-order valence-electron chi connectivity index (χ1n) is 13.0. The number of hydrogen-bond donors (Lipinski definition) is 5. The van der Waals surface area contributed by atoms with Gasteiger partial charge in [-0.15, -0.1) is 0 Å². The SMILES string of the molecule is CCOC(=O)CCc1cc(N(C)C)c2c(c1O)C(O)=C1C(=O)[C@@]3(O)C(O)=C(C(N)=O)C(=O)C(N(C)C)[C@H]3C[C@H]1C2. The van der Waals surface area contributed by atoms with Gasteiger partial charge in [-0.2, -0.15) is 0 Å². The molecule has 0 aromatic heterocycles. The molecule has 1 aromatic carbocycles. The van der Waals surface area contributed by atoms with Gasteiger partial charge in [-0.25, -0.2) is 0 Å². The number of phenolic OH excluding ortho intramolecular Hbond substituents is 1. The number of rotatable bonds is 7. The van der Waals surface area contributed by atoms with E-state index in [4.69, 9.17) is 10.5 Å². The number of aliphatic hydroxyl groups excluding tert-OH is 2. The summed E-state index contributed by atoms with van der Waals surface area (Å²) in [6.45, 7) is 1.89. The van der Waals surface area contributed by atoms with E-state index >= 15 is 0 Å². The molecule has 1 aromatic rings. The summed E-state index contributed by atoms with van der Waals surface area (Å²) in [7, 11) is 6.65. The molecule has 0 aliphatic heterocycles. The number of nitrogens with zero attached hydrogens (tertiary/aromatic N) is 2. The van der Waals surface area contributed by atoms with Crippen molar-refractivity contribution < 1.29 is 44.3 Å². The maximum Gasteiger partial charge on any atom is 0.306 e. The lowest BCUT2D eigenvalue weighted by Crippen LogP contribution is -2.65. The highest BCUT2D eigenvalue weighted by Gasteiger charge is 2.64. The summed E-state index contributed by atoms with van der Waals surface area (Å²) >= 11 is 0. The summed E-state index contributed by atoms with van der Waals surface area (Å²) < 4.78 is 4.98. The van der Waals surface area contributed by atoms with Crippen molar-refractivity contribution in [2.75, 3.05) is 39.7 Å². The third kappa shape index (κ3) is 4.22. The molecule has 0 saturated heterocycles. The number of aryl methyl sites for hydroxylation is 1. The van der Waals surface area contributed by atoms with Crippen LogP contribution in [0.1, 0.15) is 36.5 Å². The Morgan fingerprint density at radius 1 is 1.15 bits per heavy atom. The minimum absolute atomic E-state index is 0.00397. The molecule has 4 rings (SSSR count). The number of ketones is 2. The van der Waals surface area contributed by atoms with Gasteiger partial charge in [0.15, 0.2) is 11.4 Å². The number of benzene rings is 1. The molecule has 1 unspecified atom stereocenters. The zero-order chi connectivity index (χ0) is 29.8. The van der Waals surface area contributed by atoms with E-state index in [1.54, 1.807) is 46.1 Å². The molecule has 4 atom stereocenters. The number of anilines is 1. The van der Waals surface area contributed by atoms with Crippen LogP contribution in [0.3, 0.4) is 0 Å². The number of esters is 1. The number of fused-ring (bicyclic) bond motifs is 3. The Bertz CT molecular complexity index is 1380. The monoisotopic (exact) mass is 557 g/mol. The van der Waals surface area contributed by atoms with Crippen LogP contribution in [-0.2, 0) is 36.8 Å². The lowest BCUT2D eigenvalue weighted by atomic mass is 9.57. The molecule has 40 heavy (non-hydrogen) atoms. The second kappa shape index (κ2) is 10.3. The van der Waals surface area contributed by atoms with Crippen molar-refractivity contribution in [1.82, 2.24) is 4.90 Å². The molecule has 6 N–H and O–H groups in total. The van der Waals surface area contributed by atoms with Crippen LogP contribution in [0.4, 0.5) is 5.69 Å². The Morgan fingerprint density at radius 3 is 2.35 bits per heavy atom. The number of primary amides is 1. The maximum absolute atomic E-state index is 14.0. The van der Waals surface area contributed by atoms with Crippen molar-refractivity contribution in [1.29, 1.82) is 0 Å². The molecule has 0 radical (unpaired) electrons. The lowest BCUT2D eigenvalue weighted by Gasteiger charge is -2.50. The van der Waals surface area contributed by atoms with Crippen molar-refractivity contribution in [3.05, 3.63) is 39.7 Å². The molecule has 216 valence electrons. The third-order valence-corrected chi connectivity index (χ3v) is 8.16. The highest BCUT2D eigenvalue weighted by molar-refractivity contribution is 6.24. The van der Waals surface area contributed by atoms with Gasteiger partial charge in [-0.1, -0.05) is 0 Å². The summed E-state index contributed by atoms with van der Waals surface area (Å²) in [6.07, 6.45) is 0.253. The van der Waals surface area contributed by atoms with Gasteiger partial charge in [0.05, 0.1) is 18.2 Å². The lowest BCUT2D eigenvalue weighted by molar-refractivity contribution is -0.153. The van der Waals surface area contributed by atoms with Gasteiger partial charge in [-0.05, 0) is 63.4 Å². The molecule has 1 saturated carbocycles. The average Bonchev–Trinajstić information content (AvgIpc) is 2.85. The molecule has 12 heteroatoms. The van der Waals surface area contributed by atoms with Gasteiger partial charge in [-0.3, -0.25) is 24.1 Å². The van der Waals surface area contributed by atoms with Crippen molar-refractivity contribution in [3.63, 3.8) is 0 Å². The first-order valence-corrected chi connectivity index (χ1v) is 13.0. The highest BCUT2D eigenvalue weighted by atomic mass is 16.5. The smallest absolute Gasteiger partial charge is 0.306 e. The quantitative estimate of drug-likeness (QED) is 0.232. The predicted octanol–water partition coefficient (Wildman–Crippen LogP) is 0.526. The number of amides is 1. The van der Waals surface area contributed by atoms with Crippen LogP contribution >= 0.6 is 0 Å². The van der Waals surface area contributed by atoms with Crippen LogP contribution in [0.25, 0.3) is 5.76 Å². The Kier molecular flexibility index (Phi) is 7.46. The normalized spacial score (nSPS) is 25.9. The fourth-order valence-electron chi connectivity index (χ4n) is 6.41. The molecule has 3 aliphatic rings. The fourth-order valence-corrected chi connectivity index (χ4v) is 6.41. The molecule has 1 amide bonds. The summed E-state index contributed by atoms with van der Waals surface area (Å²) in [5.74, 6) is -7.48. The summed E-state index contributed by atoms with van der Waals surface area (Å²) in [6, 6.07) is 0.567. The Hall–Kier alpha value is -3.90. The topological polar surface area (TPSA) is 191 Å². The van der Waals surface area contributed by atoms with Crippen molar-refractivity contribution in [2.24, 2.45) is 17.6 Å². The number of aliphatic hydroxyl groups is 3. The third-order valence-electron chi connectivity index (χ3n) is 8.16. The number of carbonyl (C=O) groups excluding carboxylic acids is 4. The zero-order valence-corrected chi connectivity index (χ0v) is 23.1. The van der Waals surface area contributed by atoms with Gasteiger partial charge in [0, 0.05) is 37.7 Å². The minimum atomic E-state index is -2.70. The number of ether oxygens (including phenoxy) is 1. The molecule has 1 fully saturated rings. The van der Waals surface area contributed by atoms with Gasteiger partial charge in [0.1, 0.15) is 22.8 Å². The van der Waals surface area contributed by atoms with Crippen LogP contribution in [0.2, 0.25) is 0 Å². The number of likely N-dealkylation sites (N-methyl/N-ethyl adjacent to an activating group) is 1. The number of aromatic hydroxyl groups is 1. The molecular formula is C28H35N3O9. The minimum Gasteiger partial charge on any atom is -0.508 e. The molecule has 0 bridgehead atoms. The van der Waals surface area contributed by atoms with E-state index in [0.717, 1.165) is 0 Å². The number of hydrogen-bond acceptors (Lipinski definition) is 11. The largest absolute Gasteiger partial charge is 0.508 e. The molecule has 0 spiro atoms. The second-order valence-corrected chi connectivity index (χ2v) is 10.9. The molecular weight excluding hydrogens is 522 g/mol. The van der Waals surface area contributed by atoms with Gasteiger partial charge in [0.25, 0.3) is 5.91 Å². The van der Waals surface area contributed by atoms with Crippen molar-refractivity contribution in [3.8, 4) is 5.75 Å². The summed E-state index contributed by atoms with van der Waals surface area (Å²) in [4.78, 5) is 54.5. The highest BCUT2D eigenvalue weighted by Crippen LogP contribution is 2.54. The van der Waals surface area contributed by atoms with Crippen LogP contribution in [0.5, 0.6) is 5.75 Å². The van der Waals surface area contributed by atoms with Crippen LogP contribution in [0.15, 0.2) is 23.0 Å². The summed E-state index contributed by atoms with van der Waals surface area (Å²) in [5.41, 5.74) is 3.09. The number of carbonyl (C=O) groups is 4. The van der Waals surface area contributed by atoms with Crippen LogP contribution in [0, 0.1) is 11.8 Å². The zero-order valence-electron chi connectivity index (χ0n) is 23.1. The Morgan fingerprint density at radius 2 is 1.80 bits per heavy atom. The first kappa shape index (κ1) is 29.1. The Labute approximate surface area is 231 Å². The molecule has 3 aliphatic carbocycles. The van der Waals surface area contributed by atoms with Crippen LogP contribution in [-0.4, -0.2) is 95.2 Å². The predicted molar refractivity (Wildman–Crippen MR) is 144 cm³/mol. The van der Waals surface area contributed by atoms with Gasteiger partial charge < -0.3 is 35.8 Å². The van der Waals surface area contributed by atoms with E-state index in [1.165, 1.54) is 4.90 Å². The maximum atomic E-state index is 14.0. The van der Waals surface area contributed by atoms with Crippen molar-refractivity contribution in [2.45, 2.75) is 44.2 Å². The van der Waals surface area contributed by atoms with Gasteiger partial charge >= 0.3 is 5.97 Å². The molecule has 12 nitrogen and oxygen atoms in total. The second-order valence-electron chi connectivity index (χ2n) is 10.9. The number of Topliss-reactive ketones (excluding diaryl/α,β-unsaturated/α-hetero) is 2. The number of phenols is 1. The molecule has 0 heterocycles. The average molecular weight is 558 g/mol. The van der Waals surface area contributed by atoms with E-state index in [9.17, 15) is 39.6 Å². The van der Waals surface area contributed by atoms with E-state index < -0.39 is 64.0 Å². The van der Waals surface area contributed by atoms with E-state index in [0.29, 0.717) is 16.8 Å².